The van der Waals surface area contributed by atoms with E-state index in [0.29, 0.717) is 6.54 Å². The Morgan fingerprint density at radius 3 is 2.31 bits per heavy atom. The van der Waals surface area contributed by atoms with E-state index in [-0.39, 0.29) is 12.2 Å². The summed E-state index contributed by atoms with van der Waals surface area (Å²) in [5, 5.41) is 0. The van der Waals surface area contributed by atoms with E-state index < -0.39 is 0 Å². The SMILES string of the molecule is CC(C)O[C@H](CN)c1ccccc1. The van der Waals surface area contributed by atoms with Crippen molar-refractivity contribution in [1.29, 1.82) is 0 Å². The first-order chi connectivity index (χ1) is 6.24. The topological polar surface area (TPSA) is 35.2 Å². The van der Waals surface area contributed by atoms with E-state index in [0.717, 1.165) is 5.56 Å². The molecule has 0 saturated heterocycles. The Kier molecular flexibility index (Phi) is 3.93. The molecule has 0 bridgehead atoms. The number of hydrogen-bond acceptors (Lipinski definition) is 2. The van der Waals surface area contributed by atoms with E-state index in [4.69, 9.17) is 10.5 Å². The second-order valence-corrected chi connectivity index (χ2v) is 3.32. The highest BCUT2D eigenvalue weighted by Gasteiger charge is 2.10. The third kappa shape index (κ3) is 3.17. The molecule has 0 amide bonds. The van der Waals surface area contributed by atoms with Crippen molar-refractivity contribution in [1.82, 2.24) is 0 Å². The van der Waals surface area contributed by atoms with Crippen LogP contribution >= 0.6 is 0 Å². The van der Waals surface area contributed by atoms with E-state index in [2.05, 4.69) is 0 Å². The van der Waals surface area contributed by atoms with Crippen molar-refractivity contribution in [3.63, 3.8) is 0 Å². The molecule has 0 unspecified atom stereocenters. The maximum absolute atomic E-state index is 5.66. The highest BCUT2D eigenvalue weighted by Crippen LogP contribution is 2.17. The van der Waals surface area contributed by atoms with Gasteiger partial charge in [-0.2, -0.15) is 0 Å². The van der Waals surface area contributed by atoms with Crippen LogP contribution in [-0.4, -0.2) is 12.6 Å². The van der Waals surface area contributed by atoms with Gasteiger partial charge in [-0.25, -0.2) is 0 Å². The van der Waals surface area contributed by atoms with Gasteiger partial charge in [-0.15, -0.1) is 0 Å². The van der Waals surface area contributed by atoms with E-state index in [1.807, 2.05) is 44.2 Å². The fraction of sp³-hybridized carbons (Fsp3) is 0.455. The molecule has 1 aromatic carbocycles. The lowest BCUT2D eigenvalue weighted by Gasteiger charge is -2.18. The Bertz CT molecular complexity index is 233. The normalized spacial score (nSPS) is 13.2. The van der Waals surface area contributed by atoms with Crippen molar-refractivity contribution < 1.29 is 4.74 Å². The van der Waals surface area contributed by atoms with Crippen molar-refractivity contribution in [2.45, 2.75) is 26.1 Å². The molecular weight excluding hydrogens is 162 g/mol. The fourth-order valence-corrected chi connectivity index (χ4v) is 1.27. The summed E-state index contributed by atoms with van der Waals surface area (Å²) < 4.78 is 5.66. The van der Waals surface area contributed by atoms with Crippen molar-refractivity contribution in [2.75, 3.05) is 6.54 Å². The van der Waals surface area contributed by atoms with Crippen LogP contribution in [0.3, 0.4) is 0 Å². The molecule has 0 saturated carbocycles. The van der Waals surface area contributed by atoms with Crippen LogP contribution in [0.2, 0.25) is 0 Å². The van der Waals surface area contributed by atoms with Gasteiger partial charge in [0.15, 0.2) is 0 Å². The zero-order valence-corrected chi connectivity index (χ0v) is 8.23. The van der Waals surface area contributed by atoms with Crippen molar-refractivity contribution in [3.8, 4) is 0 Å². The van der Waals surface area contributed by atoms with Crippen LogP contribution < -0.4 is 5.73 Å². The third-order valence-electron chi connectivity index (χ3n) is 1.82. The maximum Gasteiger partial charge on any atom is 0.0950 e. The second-order valence-electron chi connectivity index (χ2n) is 3.32. The zero-order chi connectivity index (χ0) is 9.68. The average Bonchev–Trinajstić information content (AvgIpc) is 2.15. The number of rotatable bonds is 4. The standard InChI is InChI=1S/C11H17NO/c1-9(2)13-11(8-12)10-6-4-3-5-7-10/h3-7,9,11H,8,12H2,1-2H3/t11-/m1/s1. The summed E-state index contributed by atoms with van der Waals surface area (Å²) in [6.07, 6.45) is 0.245. The molecule has 0 spiro atoms. The van der Waals surface area contributed by atoms with Crippen molar-refractivity contribution in [3.05, 3.63) is 35.9 Å². The number of ether oxygens (including phenoxy) is 1. The van der Waals surface area contributed by atoms with Gasteiger partial charge in [-0.3, -0.25) is 0 Å². The van der Waals surface area contributed by atoms with Crippen molar-refractivity contribution >= 4 is 0 Å². The Morgan fingerprint density at radius 1 is 1.23 bits per heavy atom. The molecule has 0 radical (unpaired) electrons. The van der Waals surface area contributed by atoms with Crippen molar-refractivity contribution in [2.24, 2.45) is 5.73 Å². The van der Waals surface area contributed by atoms with Gasteiger partial charge >= 0.3 is 0 Å². The lowest BCUT2D eigenvalue weighted by molar-refractivity contribution is 0.0120. The Hall–Kier alpha value is -0.860. The third-order valence-corrected chi connectivity index (χ3v) is 1.82. The van der Waals surface area contributed by atoms with E-state index in [1.165, 1.54) is 0 Å². The van der Waals surface area contributed by atoms with Crippen LogP contribution in [0.15, 0.2) is 30.3 Å². The van der Waals surface area contributed by atoms with E-state index in [1.54, 1.807) is 0 Å². The Morgan fingerprint density at radius 2 is 1.85 bits per heavy atom. The molecule has 0 aromatic heterocycles. The Balaban J connectivity index is 2.67. The van der Waals surface area contributed by atoms with Crippen LogP contribution in [0.4, 0.5) is 0 Å². The van der Waals surface area contributed by atoms with Gasteiger partial charge in [-0.1, -0.05) is 30.3 Å². The van der Waals surface area contributed by atoms with Gasteiger partial charge in [0, 0.05) is 6.54 Å². The van der Waals surface area contributed by atoms with Gasteiger partial charge in [-0.05, 0) is 19.4 Å². The maximum atomic E-state index is 5.66. The van der Waals surface area contributed by atoms with Gasteiger partial charge < -0.3 is 10.5 Å². The van der Waals surface area contributed by atoms with Crippen LogP contribution in [0.25, 0.3) is 0 Å². The minimum atomic E-state index is 0.0289. The predicted molar refractivity (Wildman–Crippen MR) is 54.5 cm³/mol. The monoisotopic (exact) mass is 179 g/mol. The number of benzene rings is 1. The minimum Gasteiger partial charge on any atom is -0.370 e. The smallest absolute Gasteiger partial charge is 0.0950 e. The van der Waals surface area contributed by atoms with Gasteiger partial charge in [0.1, 0.15) is 0 Å². The quantitative estimate of drug-likeness (QED) is 0.768. The molecule has 1 rings (SSSR count). The summed E-state index contributed by atoms with van der Waals surface area (Å²) in [6.45, 7) is 4.57. The van der Waals surface area contributed by atoms with Crippen LogP contribution in [0.1, 0.15) is 25.5 Å². The first-order valence-electron chi connectivity index (χ1n) is 4.64. The lowest BCUT2D eigenvalue weighted by Crippen LogP contribution is -2.19. The molecule has 2 heteroatoms. The van der Waals surface area contributed by atoms with E-state index >= 15 is 0 Å². The largest absolute Gasteiger partial charge is 0.370 e. The molecule has 72 valence electrons. The zero-order valence-electron chi connectivity index (χ0n) is 8.23. The molecule has 1 atom stereocenters. The molecule has 1 aromatic rings. The minimum absolute atomic E-state index is 0.0289. The van der Waals surface area contributed by atoms with Crippen LogP contribution in [0.5, 0.6) is 0 Å². The summed E-state index contributed by atoms with van der Waals surface area (Å²) in [5.74, 6) is 0. The summed E-state index contributed by atoms with van der Waals surface area (Å²) in [4.78, 5) is 0. The molecule has 0 aliphatic heterocycles. The molecule has 13 heavy (non-hydrogen) atoms. The highest BCUT2D eigenvalue weighted by atomic mass is 16.5. The molecule has 0 fully saturated rings. The number of hydrogen-bond donors (Lipinski definition) is 1. The van der Waals surface area contributed by atoms with Crippen LogP contribution in [-0.2, 0) is 4.74 Å². The molecule has 0 aliphatic rings. The lowest BCUT2D eigenvalue weighted by atomic mass is 10.1. The Labute approximate surface area is 79.7 Å². The molecular formula is C11H17NO. The predicted octanol–water partition coefficient (Wildman–Crippen LogP) is 2.11. The highest BCUT2D eigenvalue weighted by molar-refractivity contribution is 5.17. The summed E-state index contributed by atoms with van der Waals surface area (Å²) in [6, 6.07) is 10.1. The summed E-state index contributed by atoms with van der Waals surface area (Å²) >= 11 is 0. The first-order valence-corrected chi connectivity index (χ1v) is 4.64. The molecule has 2 nitrogen and oxygen atoms in total. The summed E-state index contributed by atoms with van der Waals surface area (Å²) in [7, 11) is 0. The fourth-order valence-electron chi connectivity index (χ4n) is 1.27. The van der Waals surface area contributed by atoms with Gasteiger partial charge in [0.05, 0.1) is 12.2 Å². The number of nitrogens with two attached hydrogens (primary N) is 1. The summed E-state index contributed by atoms with van der Waals surface area (Å²) in [5.41, 5.74) is 6.78. The molecule has 0 aliphatic carbocycles. The van der Waals surface area contributed by atoms with Gasteiger partial charge in [0.25, 0.3) is 0 Å². The molecule has 2 N–H and O–H groups in total. The second kappa shape index (κ2) is 5.00. The molecule has 0 heterocycles. The van der Waals surface area contributed by atoms with Crippen LogP contribution in [0, 0.1) is 0 Å². The average molecular weight is 179 g/mol. The van der Waals surface area contributed by atoms with E-state index in [9.17, 15) is 0 Å². The van der Waals surface area contributed by atoms with Gasteiger partial charge in [0.2, 0.25) is 0 Å². The first kappa shape index (κ1) is 10.2.